The summed E-state index contributed by atoms with van der Waals surface area (Å²) in [6.07, 6.45) is 2.79. The van der Waals surface area contributed by atoms with E-state index in [9.17, 15) is 9.59 Å². The molecule has 0 aliphatic heterocycles. The van der Waals surface area contributed by atoms with E-state index in [0.29, 0.717) is 0 Å². The molecule has 1 amide bonds. The fourth-order valence-electron chi connectivity index (χ4n) is 1.49. The van der Waals surface area contributed by atoms with Gasteiger partial charge in [0.25, 0.3) is 5.91 Å². The molecule has 0 saturated heterocycles. The number of ether oxygens (including phenoxy) is 1. The maximum Gasteiger partial charge on any atom is 0.325 e. The summed E-state index contributed by atoms with van der Waals surface area (Å²) in [5.41, 5.74) is 0.179. The standard InChI is InChI=1S/C13H14Cl2N2O3/c1-3-5-17(8-12(18)20-4-2)13(19)9-6-11(15)16-7-10(9)14/h3,6-7H,1,4-5,8H2,2H3. The summed E-state index contributed by atoms with van der Waals surface area (Å²) < 4.78 is 4.82. The monoisotopic (exact) mass is 316 g/mol. The van der Waals surface area contributed by atoms with Crippen molar-refractivity contribution < 1.29 is 14.3 Å². The van der Waals surface area contributed by atoms with Gasteiger partial charge in [-0.25, -0.2) is 4.98 Å². The predicted octanol–water partition coefficient (Wildman–Crippen LogP) is 2.58. The number of hydrogen-bond acceptors (Lipinski definition) is 4. The van der Waals surface area contributed by atoms with Gasteiger partial charge in [0.1, 0.15) is 11.7 Å². The van der Waals surface area contributed by atoms with Crippen molar-refractivity contribution in [1.82, 2.24) is 9.88 Å². The number of amides is 1. The number of esters is 1. The zero-order valence-corrected chi connectivity index (χ0v) is 12.4. The van der Waals surface area contributed by atoms with E-state index in [1.807, 2.05) is 0 Å². The second-order valence-electron chi connectivity index (χ2n) is 3.77. The highest BCUT2D eigenvalue weighted by Crippen LogP contribution is 2.20. The van der Waals surface area contributed by atoms with E-state index >= 15 is 0 Å². The third-order valence-electron chi connectivity index (χ3n) is 2.31. The first-order chi connectivity index (χ1) is 9.49. The summed E-state index contributed by atoms with van der Waals surface area (Å²) >= 11 is 11.7. The molecule has 0 saturated carbocycles. The van der Waals surface area contributed by atoms with E-state index < -0.39 is 11.9 Å². The number of carbonyl (C=O) groups is 2. The van der Waals surface area contributed by atoms with Gasteiger partial charge in [-0.3, -0.25) is 9.59 Å². The average Bonchev–Trinajstić information content (AvgIpc) is 2.40. The number of nitrogens with zero attached hydrogens (tertiary/aromatic N) is 2. The fourth-order valence-corrected chi connectivity index (χ4v) is 1.83. The molecule has 0 unspecified atom stereocenters. The highest BCUT2D eigenvalue weighted by atomic mass is 35.5. The molecular formula is C13H14Cl2N2O3. The van der Waals surface area contributed by atoms with Crippen molar-refractivity contribution in [2.75, 3.05) is 19.7 Å². The summed E-state index contributed by atoms with van der Waals surface area (Å²) in [7, 11) is 0. The lowest BCUT2D eigenvalue weighted by molar-refractivity contribution is -0.143. The van der Waals surface area contributed by atoms with Crippen LogP contribution in [0.25, 0.3) is 0 Å². The molecule has 0 N–H and O–H groups in total. The van der Waals surface area contributed by atoms with Crippen LogP contribution in [-0.2, 0) is 9.53 Å². The Hall–Kier alpha value is -1.59. The van der Waals surface area contributed by atoms with E-state index in [0.717, 1.165) is 0 Å². The average molecular weight is 317 g/mol. The van der Waals surface area contributed by atoms with Gasteiger partial charge in [0.15, 0.2) is 0 Å². The van der Waals surface area contributed by atoms with Gasteiger partial charge < -0.3 is 9.64 Å². The third-order valence-corrected chi connectivity index (χ3v) is 2.82. The maximum absolute atomic E-state index is 12.3. The van der Waals surface area contributed by atoms with Gasteiger partial charge in [-0.2, -0.15) is 0 Å². The van der Waals surface area contributed by atoms with Gasteiger partial charge >= 0.3 is 5.97 Å². The summed E-state index contributed by atoms with van der Waals surface area (Å²) in [5.74, 6) is -0.939. The quantitative estimate of drug-likeness (QED) is 0.460. The second-order valence-corrected chi connectivity index (χ2v) is 4.56. The molecule has 0 aromatic carbocycles. The zero-order valence-electron chi connectivity index (χ0n) is 10.9. The normalized spacial score (nSPS) is 9.95. The Kier molecular flexibility index (Phi) is 6.48. The van der Waals surface area contributed by atoms with Gasteiger partial charge in [0.05, 0.1) is 17.2 Å². The molecule has 7 heteroatoms. The van der Waals surface area contributed by atoms with Crippen LogP contribution in [0.5, 0.6) is 0 Å². The maximum atomic E-state index is 12.3. The first-order valence-electron chi connectivity index (χ1n) is 5.86. The number of pyridine rings is 1. The van der Waals surface area contributed by atoms with Crippen LogP contribution in [0.4, 0.5) is 0 Å². The molecule has 108 valence electrons. The molecule has 5 nitrogen and oxygen atoms in total. The molecular weight excluding hydrogens is 303 g/mol. The SMILES string of the molecule is C=CCN(CC(=O)OCC)C(=O)c1cc(Cl)ncc1Cl. The molecule has 1 rings (SSSR count). The lowest BCUT2D eigenvalue weighted by Crippen LogP contribution is -2.36. The zero-order chi connectivity index (χ0) is 15.1. The number of carbonyl (C=O) groups excluding carboxylic acids is 2. The van der Waals surface area contributed by atoms with E-state index in [2.05, 4.69) is 11.6 Å². The Morgan fingerprint density at radius 1 is 1.50 bits per heavy atom. The third kappa shape index (κ3) is 4.51. The highest BCUT2D eigenvalue weighted by molar-refractivity contribution is 6.35. The van der Waals surface area contributed by atoms with Crippen molar-refractivity contribution >= 4 is 35.1 Å². The fraction of sp³-hybridized carbons (Fsp3) is 0.308. The van der Waals surface area contributed by atoms with Crippen molar-refractivity contribution in [3.63, 3.8) is 0 Å². The second kappa shape index (κ2) is 7.87. The molecule has 0 atom stereocenters. The molecule has 0 radical (unpaired) electrons. The van der Waals surface area contributed by atoms with Crippen LogP contribution in [0.2, 0.25) is 10.2 Å². The first kappa shape index (κ1) is 16.5. The van der Waals surface area contributed by atoms with Crippen molar-refractivity contribution in [3.05, 3.63) is 40.7 Å². The van der Waals surface area contributed by atoms with E-state index in [4.69, 9.17) is 27.9 Å². The van der Waals surface area contributed by atoms with E-state index in [1.165, 1.54) is 23.2 Å². The molecule has 0 aliphatic rings. The van der Waals surface area contributed by atoms with Crippen LogP contribution in [0.15, 0.2) is 24.9 Å². The lowest BCUT2D eigenvalue weighted by Gasteiger charge is -2.20. The Morgan fingerprint density at radius 3 is 2.80 bits per heavy atom. The molecule has 0 spiro atoms. The van der Waals surface area contributed by atoms with E-state index in [1.54, 1.807) is 6.92 Å². The van der Waals surface area contributed by atoms with Crippen LogP contribution < -0.4 is 0 Å². The van der Waals surface area contributed by atoms with Crippen LogP contribution >= 0.6 is 23.2 Å². The molecule has 1 heterocycles. The van der Waals surface area contributed by atoms with Crippen LogP contribution in [0, 0.1) is 0 Å². The highest BCUT2D eigenvalue weighted by Gasteiger charge is 2.21. The van der Waals surface area contributed by atoms with Crippen molar-refractivity contribution in [2.24, 2.45) is 0 Å². The minimum Gasteiger partial charge on any atom is -0.465 e. The summed E-state index contributed by atoms with van der Waals surface area (Å²) in [6.45, 7) is 5.49. The van der Waals surface area contributed by atoms with Crippen LogP contribution in [0.3, 0.4) is 0 Å². The van der Waals surface area contributed by atoms with Gasteiger partial charge in [0, 0.05) is 12.7 Å². The molecule has 1 aromatic rings. The van der Waals surface area contributed by atoms with E-state index in [-0.39, 0.29) is 35.4 Å². The van der Waals surface area contributed by atoms with Gasteiger partial charge in [-0.05, 0) is 13.0 Å². The van der Waals surface area contributed by atoms with Gasteiger partial charge in [0.2, 0.25) is 0 Å². The number of halogens is 2. The smallest absolute Gasteiger partial charge is 0.325 e. The first-order valence-corrected chi connectivity index (χ1v) is 6.62. The molecule has 20 heavy (non-hydrogen) atoms. The Balaban J connectivity index is 2.95. The number of rotatable bonds is 6. The van der Waals surface area contributed by atoms with Crippen molar-refractivity contribution in [1.29, 1.82) is 0 Å². The minimum absolute atomic E-state index is 0.146. The molecule has 1 aromatic heterocycles. The minimum atomic E-state index is -0.501. The molecule has 0 bridgehead atoms. The Bertz CT molecular complexity index is 520. The Morgan fingerprint density at radius 2 is 2.20 bits per heavy atom. The van der Waals surface area contributed by atoms with Crippen molar-refractivity contribution in [3.8, 4) is 0 Å². The summed E-state index contributed by atoms with van der Waals surface area (Å²) in [6, 6.07) is 1.35. The largest absolute Gasteiger partial charge is 0.465 e. The molecule has 0 fully saturated rings. The summed E-state index contributed by atoms with van der Waals surface area (Å²) in [5, 5.41) is 0.310. The predicted molar refractivity (Wildman–Crippen MR) is 77.0 cm³/mol. The summed E-state index contributed by atoms with van der Waals surface area (Å²) in [4.78, 5) is 28.9. The van der Waals surface area contributed by atoms with Gasteiger partial charge in [-0.1, -0.05) is 29.3 Å². The van der Waals surface area contributed by atoms with Crippen molar-refractivity contribution in [2.45, 2.75) is 6.92 Å². The van der Waals surface area contributed by atoms with Crippen LogP contribution in [0.1, 0.15) is 17.3 Å². The molecule has 0 aliphatic carbocycles. The topological polar surface area (TPSA) is 59.5 Å². The number of aromatic nitrogens is 1. The van der Waals surface area contributed by atoms with Crippen LogP contribution in [-0.4, -0.2) is 41.5 Å². The number of hydrogen-bond donors (Lipinski definition) is 0. The Labute approximate surface area is 127 Å². The van der Waals surface area contributed by atoms with Gasteiger partial charge in [-0.15, -0.1) is 6.58 Å². The lowest BCUT2D eigenvalue weighted by atomic mass is 10.2.